The van der Waals surface area contributed by atoms with Gasteiger partial charge in [-0.15, -0.1) is 0 Å². The molecule has 1 aliphatic heterocycles. The number of alkyl carbamates (subject to hydrolysis) is 1. The number of hydrogen-bond donors (Lipinski definition) is 3. The Hall–Kier alpha value is -3.59. The van der Waals surface area contributed by atoms with Gasteiger partial charge >= 0.3 is 6.09 Å². The van der Waals surface area contributed by atoms with Gasteiger partial charge < -0.3 is 21.1 Å². The van der Waals surface area contributed by atoms with E-state index in [-0.39, 0.29) is 36.2 Å². The molecule has 41 heavy (non-hydrogen) atoms. The number of ether oxygens (including phenoxy) is 1. The summed E-state index contributed by atoms with van der Waals surface area (Å²) in [6, 6.07) is 15.8. The van der Waals surface area contributed by atoms with Gasteiger partial charge in [0, 0.05) is 24.0 Å². The molecule has 222 valence electrons. The second kappa shape index (κ2) is 14.9. The van der Waals surface area contributed by atoms with E-state index in [9.17, 15) is 14.4 Å². The lowest BCUT2D eigenvalue weighted by molar-refractivity contribution is -0.134. The van der Waals surface area contributed by atoms with Crippen LogP contribution >= 0.6 is 11.6 Å². The van der Waals surface area contributed by atoms with Crippen LogP contribution in [0, 0.1) is 5.92 Å². The van der Waals surface area contributed by atoms with E-state index in [1.807, 2.05) is 42.5 Å². The largest absolute Gasteiger partial charge is 0.453 e. The summed E-state index contributed by atoms with van der Waals surface area (Å²) in [7, 11) is 1.25. The highest BCUT2D eigenvalue weighted by atomic mass is 35.5. The van der Waals surface area contributed by atoms with Crippen molar-refractivity contribution < 1.29 is 19.1 Å². The molecular weight excluding hydrogens is 542 g/mol. The fourth-order valence-corrected chi connectivity index (χ4v) is 5.61. The predicted molar refractivity (Wildman–Crippen MR) is 161 cm³/mol. The molecule has 0 saturated heterocycles. The number of carbonyl (C=O) groups is 3. The molecule has 0 bridgehead atoms. The number of halogens is 1. The van der Waals surface area contributed by atoms with Crippen molar-refractivity contribution in [2.75, 3.05) is 13.7 Å². The molecule has 3 atom stereocenters. The zero-order chi connectivity index (χ0) is 30.0. The van der Waals surface area contributed by atoms with E-state index >= 15 is 0 Å². The first-order valence-corrected chi connectivity index (χ1v) is 14.6. The van der Waals surface area contributed by atoms with Gasteiger partial charge in [-0.1, -0.05) is 87.3 Å². The van der Waals surface area contributed by atoms with Crippen LogP contribution in [0.4, 0.5) is 4.79 Å². The standard InChI is InChI=1S/C31H42ClN5O4/c1-5-12-24(37-28(39)31(20-21(2)3,36-29(37)33)23-14-7-6-8-15-23)16-11-18-34-27(38)26(35-30(40)41-4)19-22-13-9-10-17-25(22)32/h6-10,13-15,17,21,24,26H,5,11-12,16,18-20H2,1-4H3,(H2,33,36)(H,34,38)(H,35,40)/t24?,26-,31+/m0/s1. The fourth-order valence-electron chi connectivity index (χ4n) is 5.40. The second-order valence-electron chi connectivity index (χ2n) is 10.8. The number of hydrogen-bond acceptors (Lipinski definition) is 6. The summed E-state index contributed by atoms with van der Waals surface area (Å²) in [6.45, 7) is 6.58. The normalized spacial score (nSPS) is 18.1. The highest BCUT2D eigenvalue weighted by Crippen LogP contribution is 2.40. The predicted octanol–water partition coefficient (Wildman–Crippen LogP) is 4.77. The Morgan fingerprint density at radius 3 is 2.41 bits per heavy atom. The molecule has 10 heteroatoms. The molecule has 2 aromatic rings. The molecule has 1 heterocycles. The average molecular weight is 584 g/mol. The highest BCUT2D eigenvalue weighted by Gasteiger charge is 2.50. The highest BCUT2D eigenvalue weighted by molar-refractivity contribution is 6.31. The number of aliphatic imine (C=N–C) groups is 1. The third-order valence-corrected chi connectivity index (χ3v) is 7.62. The van der Waals surface area contributed by atoms with Crippen LogP contribution in [0.5, 0.6) is 0 Å². The Balaban J connectivity index is 1.68. The number of guanidine groups is 1. The topological polar surface area (TPSA) is 126 Å². The van der Waals surface area contributed by atoms with Gasteiger partial charge in [-0.25, -0.2) is 9.79 Å². The summed E-state index contributed by atoms with van der Waals surface area (Å²) in [6.07, 6.45) is 2.91. The number of rotatable bonds is 14. The molecule has 0 aliphatic carbocycles. The van der Waals surface area contributed by atoms with Gasteiger partial charge in [0.15, 0.2) is 11.5 Å². The Bertz CT molecular complexity index is 1220. The van der Waals surface area contributed by atoms with Crippen molar-refractivity contribution in [1.29, 1.82) is 0 Å². The van der Waals surface area contributed by atoms with Crippen LogP contribution in [0.3, 0.4) is 0 Å². The van der Waals surface area contributed by atoms with Gasteiger partial charge in [0.25, 0.3) is 5.91 Å². The van der Waals surface area contributed by atoms with Crippen LogP contribution in [-0.2, 0) is 26.3 Å². The molecule has 0 fully saturated rings. The van der Waals surface area contributed by atoms with Gasteiger partial charge in [-0.3, -0.25) is 14.5 Å². The maximum atomic E-state index is 14.1. The molecular formula is C31H42ClN5O4. The average Bonchev–Trinajstić information content (AvgIpc) is 3.20. The Morgan fingerprint density at radius 2 is 1.78 bits per heavy atom. The molecule has 0 aromatic heterocycles. The van der Waals surface area contributed by atoms with Gasteiger partial charge in [-0.2, -0.15) is 0 Å². The van der Waals surface area contributed by atoms with Crippen molar-refractivity contribution in [2.45, 2.75) is 76.9 Å². The van der Waals surface area contributed by atoms with E-state index < -0.39 is 17.7 Å². The number of benzene rings is 2. The summed E-state index contributed by atoms with van der Waals surface area (Å²) >= 11 is 6.28. The molecule has 3 amide bonds. The minimum absolute atomic E-state index is 0.0977. The summed E-state index contributed by atoms with van der Waals surface area (Å²) in [5.41, 5.74) is 6.99. The molecule has 1 unspecified atom stereocenters. The lowest BCUT2D eigenvalue weighted by Gasteiger charge is -2.32. The van der Waals surface area contributed by atoms with Crippen molar-refractivity contribution >= 4 is 35.5 Å². The van der Waals surface area contributed by atoms with E-state index in [1.165, 1.54) is 7.11 Å². The second-order valence-corrected chi connectivity index (χ2v) is 11.2. The zero-order valence-corrected chi connectivity index (χ0v) is 25.1. The van der Waals surface area contributed by atoms with Gasteiger partial charge in [-0.05, 0) is 48.8 Å². The lowest BCUT2D eigenvalue weighted by atomic mass is 9.82. The zero-order valence-electron chi connectivity index (χ0n) is 24.4. The number of carbonyl (C=O) groups excluding carboxylic acids is 3. The third kappa shape index (κ3) is 8.00. The number of methoxy groups -OCH3 is 1. The Kier molecular flexibility index (Phi) is 11.6. The number of nitrogens with zero attached hydrogens (tertiary/aromatic N) is 2. The first kappa shape index (κ1) is 31.9. The van der Waals surface area contributed by atoms with E-state index in [1.54, 1.807) is 17.0 Å². The number of nitrogens with two attached hydrogens (primary N) is 1. The van der Waals surface area contributed by atoms with Crippen molar-refractivity contribution in [3.05, 3.63) is 70.7 Å². The monoisotopic (exact) mass is 583 g/mol. The maximum absolute atomic E-state index is 14.1. The van der Waals surface area contributed by atoms with E-state index in [2.05, 4.69) is 31.4 Å². The molecule has 0 saturated carbocycles. The number of nitrogens with one attached hydrogen (secondary N) is 2. The van der Waals surface area contributed by atoms with Crippen molar-refractivity contribution in [3.8, 4) is 0 Å². The van der Waals surface area contributed by atoms with Crippen molar-refractivity contribution in [3.63, 3.8) is 0 Å². The van der Waals surface area contributed by atoms with E-state index in [0.717, 1.165) is 24.0 Å². The van der Waals surface area contributed by atoms with Crippen LogP contribution in [0.15, 0.2) is 59.6 Å². The lowest BCUT2D eigenvalue weighted by Crippen LogP contribution is -2.50. The number of amides is 3. The summed E-state index contributed by atoms with van der Waals surface area (Å²) in [5, 5.41) is 6.02. The van der Waals surface area contributed by atoms with Gasteiger partial charge in [0.1, 0.15) is 6.04 Å². The first-order chi connectivity index (χ1) is 19.6. The Morgan fingerprint density at radius 1 is 1.10 bits per heavy atom. The van der Waals surface area contributed by atoms with Crippen molar-refractivity contribution in [1.82, 2.24) is 15.5 Å². The summed E-state index contributed by atoms with van der Waals surface area (Å²) in [5.74, 6) is 0.0251. The molecule has 4 N–H and O–H groups in total. The van der Waals surface area contributed by atoms with Crippen LogP contribution in [0.1, 0.15) is 64.0 Å². The third-order valence-electron chi connectivity index (χ3n) is 7.26. The molecule has 3 rings (SSSR count). The van der Waals surface area contributed by atoms with Crippen LogP contribution in [0.2, 0.25) is 5.02 Å². The van der Waals surface area contributed by atoms with E-state index in [0.29, 0.717) is 30.8 Å². The van der Waals surface area contributed by atoms with Crippen LogP contribution in [0.25, 0.3) is 0 Å². The van der Waals surface area contributed by atoms with E-state index in [4.69, 9.17) is 27.1 Å². The van der Waals surface area contributed by atoms with Crippen LogP contribution in [-0.4, -0.2) is 54.5 Å². The molecule has 9 nitrogen and oxygen atoms in total. The minimum Gasteiger partial charge on any atom is -0.453 e. The first-order valence-electron chi connectivity index (χ1n) is 14.2. The quantitative estimate of drug-likeness (QED) is 0.276. The van der Waals surface area contributed by atoms with Crippen molar-refractivity contribution in [2.24, 2.45) is 16.6 Å². The minimum atomic E-state index is -1.04. The summed E-state index contributed by atoms with van der Waals surface area (Å²) < 4.78 is 4.71. The SMILES string of the molecule is CCCC(CCCNC(=O)[C@H](Cc1ccccc1Cl)NC(=O)OC)N1C(=O)[C@@](CC(C)C)(c2ccccc2)N=C1N. The van der Waals surface area contributed by atoms with Gasteiger partial charge in [0.05, 0.1) is 7.11 Å². The van der Waals surface area contributed by atoms with Gasteiger partial charge in [0.2, 0.25) is 5.91 Å². The molecule has 0 radical (unpaired) electrons. The Labute approximate surface area is 247 Å². The summed E-state index contributed by atoms with van der Waals surface area (Å²) in [4.78, 5) is 45.5. The maximum Gasteiger partial charge on any atom is 0.407 e. The smallest absolute Gasteiger partial charge is 0.407 e. The van der Waals surface area contributed by atoms with Crippen LogP contribution < -0.4 is 16.4 Å². The molecule has 0 spiro atoms. The fraction of sp³-hybridized carbons (Fsp3) is 0.484. The molecule has 2 aromatic carbocycles. The molecule has 1 aliphatic rings.